The number of carbonyl (C=O) groups excluding carboxylic acids is 4. The van der Waals surface area contributed by atoms with Crippen LogP contribution in [0.25, 0.3) is 0 Å². The van der Waals surface area contributed by atoms with E-state index in [4.69, 9.17) is 11.5 Å². The molecular formula is C15H29N5O4. The minimum Gasteiger partial charge on any atom is -0.368 e. The highest BCUT2D eigenvalue weighted by molar-refractivity contribution is 6.38. The van der Waals surface area contributed by atoms with Crippen LogP contribution in [-0.2, 0) is 19.2 Å². The Labute approximate surface area is 142 Å². The average Bonchev–Trinajstić information content (AvgIpc) is 2.55. The first kappa shape index (κ1) is 22.0. The fourth-order valence-electron chi connectivity index (χ4n) is 2.12. The molecule has 0 heterocycles. The van der Waals surface area contributed by atoms with Gasteiger partial charge in [0.15, 0.2) is 0 Å². The number of amides is 3. The van der Waals surface area contributed by atoms with Crippen molar-refractivity contribution in [1.82, 2.24) is 16.0 Å². The topological polar surface area (TPSA) is 156 Å². The number of unbranched alkanes of at least 4 members (excludes halogenated alkanes) is 1. The number of ketones is 1. The lowest BCUT2D eigenvalue weighted by Gasteiger charge is -2.16. The van der Waals surface area contributed by atoms with Crippen molar-refractivity contribution in [3.63, 3.8) is 0 Å². The van der Waals surface area contributed by atoms with E-state index in [9.17, 15) is 19.2 Å². The van der Waals surface area contributed by atoms with E-state index in [1.54, 1.807) is 7.05 Å². The lowest BCUT2D eigenvalue weighted by molar-refractivity contribution is -0.139. The Morgan fingerprint density at radius 3 is 2.21 bits per heavy atom. The molecule has 0 bridgehead atoms. The summed E-state index contributed by atoms with van der Waals surface area (Å²) in [7, 11) is 1.59. The molecule has 0 aliphatic carbocycles. The first-order valence-electron chi connectivity index (χ1n) is 8.15. The lowest BCUT2D eigenvalue weighted by atomic mass is 10.1. The number of hydrogen-bond acceptors (Lipinski definition) is 6. The van der Waals surface area contributed by atoms with Crippen LogP contribution in [-0.4, -0.2) is 55.7 Å². The highest BCUT2D eigenvalue weighted by Gasteiger charge is 2.24. The van der Waals surface area contributed by atoms with Gasteiger partial charge in [0.2, 0.25) is 17.6 Å². The minimum absolute atomic E-state index is 0.378. The molecule has 0 aliphatic heterocycles. The smallest absolute Gasteiger partial charge is 0.289 e. The maximum atomic E-state index is 11.9. The monoisotopic (exact) mass is 343 g/mol. The number of nitrogens with one attached hydrogen (secondary N) is 3. The summed E-state index contributed by atoms with van der Waals surface area (Å²) >= 11 is 0. The van der Waals surface area contributed by atoms with Gasteiger partial charge in [0.1, 0.15) is 6.04 Å². The highest BCUT2D eigenvalue weighted by atomic mass is 16.2. The van der Waals surface area contributed by atoms with Gasteiger partial charge in [-0.15, -0.1) is 0 Å². The number of Topliss-reactive ketones (excluding diaryl/α,β-unsaturated/α-hetero) is 1. The van der Waals surface area contributed by atoms with Crippen molar-refractivity contribution in [2.45, 2.75) is 51.1 Å². The fourth-order valence-corrected chi connectivity index (χ4v) is 2.12. The number of rotatable bonds is 13. The van der Waals surface area contributed by atoms with Crippen molar-refractivity contribution in [3.8, 4) is 0 Å². The lowest BCUT2D eigenvalue weighted by Crippen LogP contribution is -2.50. The van der Waals surface area contributed by atoms with E-state index in [2.05, 4.69) is 16.0 Å². The maximum absolute atomic E-state index is 11.9. The van der Waals surface area contributed by atoms with Crippen molar-refractivity contribution in [2.24, 2.45) is 11.5 Å². The number of carbonyl (C=O) groups is 4. The van der Waals surface area contributed by atoms with Crippen LogP contribution in [0, 0.1) is 0 Å². The largest absolute Gasteiger partial charge is 0.368 e. The molecule has 0 aromatic rings. The molecule has 0 aromatic carbocycles. The van der Waals surface area contributed by atoms with E-state index in [0.29, 0.717) is 32.2 Å². The van der Waals surface area contributed by atoms with E-state index in [1.807, 2.05) is 6.92 Å². The van der Waals surface area contributed by atoms with Gasteiger partial charge in [0, 0.05) is 0 Å². The molecule has 0 fully saturated rings. The number of primary amides is 1. The van der Waals surface area contributed by atoms with Gasteiger partial charge in [-0.3, -0.25) is 19.2 Å². The third-order valence-corrected chi connectivity index (χ3v) is 3.50. The van der Waals surface area contributed by atoms with Gasteiger partial charge in [-0.1, -0.05) is 13.3 Å². The summed E-state index contributed by atoms with van der Waals surface area (Å²) in [5, 5.41) is 7.46. The van der Waals surface area contributed by atoms with Crippen LogP contribution in [0.5, 0.6) is 0 Å². The Balaban J connectivity index is 4.37. The highest BCUT2D eigenvalue weighted by Crippen LogP contribution is 2.00. The molecule has 0 aliphatic rings. The van der Waals surface area contributed by atoms with Crippen molar-refractivity contribution < 1.29 is 19.2 Å². The Morgan fingerprint density at radius 1 is 1.04 bits per heavy atom. The molecule has 2 unspecified atom stereocenters. The van der Waals surface area contributed by atoms with Crippen LogP contribution in [0.15, 0.2) is 0 Å². The molecule has 0 aromatic heterocycles. The summed E-state index contributed by atoms with van der Waals surface area (Å²) < 4.78 is 0. The SMILES string of the molecule is CCCC(NC)C(=O)C(=O)NCC(=O)NC(CCCCN)C(N)=O. The summed E-state index contributed by atoms with van der Waals surface area (Å²) in [5.41, 5.74) is 10.6. The molecule has 9 nitrogen and oxygen atoms in total. The molecule has 0 rings (SSSR count). The zero-order chi connectivity index (χ0) is 18.5. The van der Waals surface area contributed by atoms with Crippen molar-refractivity contribution in [3.05, 3.63) is 0 Å². The molecule has 0 saturated carbocycles. The Hall–Kier alpha value is -2.00. The van der Waals surface area contributed by atoms with Crippen molar-refractivity contribution in [2.75, 3.05) is 20.1 Å². The summed E-state index contributed by atoms with van der Waals surface area (Å²) in [6.45, 7) is 1.99. The number of nitrogens with two attached hydrogens (primary N) is 2. The van der Waals surface area contributed by atoms with E-state index in [-0.39, 0.29) is 0 Å². The molecule has 3 amide bonds. The molecule has 0 saturated heterocycles. The number of likely N-dealkylation sites (N-methyl/N-ethyl adjacent to an activating group) is 1. The quantitative estimate of drug-likeness (QED) is 0.195. The van der Waals surface area contributed by atoms with Gasteiger partial charge in [-0.2, -0.15) is 0 Å². The fraction of sp³-hybridized carbons (Fsp3) is 0.733. The van der Waals surface area contributed by atoms with Crippen LogP contribution >= 0.6 is 0 Å². The molecule has 138 valence electrons. The van der Waals surface area contributed by atoms with Crippen LogP contribution in [0.4, 0.5) is 0 Å². The zero-order valence-corrected chi connectivity index (χ0v) is 14.4. The second-order valence-corrected chi connectivity index (χ2v) is 5.48. The minimum atomic E-state index is -0.836. The summed E-state index contributed by atoms with van der Waals surface area (Å²) in [6, 6.07) is -1.39. The predicted molar refractivity (Wildman–Crippen MR) is 89.8 cm³/mol. The second kappa shape index (κ2) is 12.4. The first-order chi connectivity index (χ1) is 11.4. The van der Waals surface area contributed by atoms with Crippen LogP contribution in [0.3, 0.4) is 0 Å². The average molecular weight is 343 g/mol. The molecule has 0 spiro atoms. The third-order valence-electron chi connectivity index (χ3n) is 3.50. The predicted octanol–water partition coefficient (Wildman–Crippen LogP) is -1.84. The van der Waals surface area contributed by atoms with Crippen molar-refractivity contribution >= 4 is 23.5 Å². The summed E-state index contributed by atoms with van der Waals surface area (Å²) in [6.07, 6.45) is 3.02. The summed E-state index contributed by atoms with van der Waals surface area (Å²) in [4.78, 5) is 46.8. The van der Waals surface area contributed by atoms with E-state index < -0.39 is 42.1 Å². The van der Waals surface area contributed by atoms with Crippen LogP contribution in [0.2, 0.25) is 0 Å². The van der Waals surface area contributed by atoms with Gasteiger partial charge in [0.05, 0.1) is 12.6 Å². The second-order valence-electron chi connectivity index (χ2n) is 5.48. The molecular weight excluding hydrogens is 314 g/mol. The van der Waals surface area contributed by atoms with Crippen LogP contribution < -0.4 is 27.4 Å². The van der Waals surface area contributed by atoms with E-state index >= 15 is 0 Å². The molecule has 9 heteroatoms. The Morgan fingerprint density at radius 2 is 1.71 bits per heavy atom. The van der Waals surface area contributed by atoms with Gasteiger partial charge < -0.3 is 27.4 Å². The van der Waals surface area contributed by atoms with Gasteiger partial charge in [0.25, 0.3) is 5.91 Å². The Bertz CT molecular complexity index is 442. The first-order valence-corrected chi connectivity index (χ1v) is 8.15. The normalized spacial score (nSPS) is 13.0. The molecule has 7 N–H and O–H groups in total. The maximum Gasteiger partial charge on any atom is 0.289 e. The van der Waals surface area contributed by atoms with Crippen LogP contribution in [0.1, 0.15) is 39.0 Å². The van der Waals surface area contributed by atoms with E-state index in [0.717, 1.165) is 6.42 Å². The van der Waals surface area contributed by atoms with Gasteiger partial charge >= 0.3 is 0 Å². The van der Waals surface area contributed by atoms with E-state index in [1.165, 1.54) is 0 Å². The number of hydrogen-bond donors (Lipinski definition) is 5. The third kappa shape index (κ3) is 8.59. The van der Waals surface area contributed by atoms with Gasteiger partial charge in [-0.05, 0) is 39.3 Å². The standard InChI is InChI=1S/C15H29N5O4/c1-3-6-10(18-2)13(22)15(24)19-9-12(21)20-11(14(17)23)7-4-5-8-16/h10-11,18H,3-9,16H2,1-2H3,(H2,17,23)(H,19,24)(H,20,21). The zero-order valence-electron chi connectivity index (χ0n) is 14.4. The molecule has 2 atom stereocenters. The Kier molecular flexibility index (Phi) is 11.4. The van der Waals surface area contributed by atoms with Crippen molar-refractivity contribution in [1.29, 1.82) is 0 Å². The van der Waals surface area contributed by atoms with Gasteiger partial charge in [-0.25, -0.2) is 0 Å². The molecule has 24 heavy (non-hydrogen) atoms. The molecule has 0 radical (unpaired) electrons. The summed E-state index contributed by atoms with van der Waals surface area (Å²) in [5.74, 6) is -2.69.